The Hall–Kier alpha value is -2.34. The van der Waals surface area contributed by atoms with Crippen molar-refractivity contribution in [2.45, 2.75) is 20.0 Å². The van der Waals surface area contributed by atoms with Crippen molar-refractivity contribution in [2.75, 3.05) is 0 Å². The van der Waals surface area contributed by atoms with Gasteiger partial charge in [-0.2, -0.15) is 5.26 Å². The molecular weight excluding hydrogens is 224 g/mol. The number of pyridine rings is 1. The zero-order valence-electron chi connectivity index (χ0n) is 10.3. The molecule has 1 aromatic carbocycles. The maximum atomic E-state index is 8.58. The van der Waals surface area contributed by atoms with Crippen molar-refractivity contribution in [2.24, 2.45) is 0 Å². The summed E-state index contributed by atoms with van der Waals surface area (Å²) in [5.41, 5.74) is 3.18. The molecule has 0 N–H and O–H groups in total. The van der Waals surface area contributed by atoms with Crippen LogP contribution in [0, 0.1) is 18.3 Å². The van der Waals surface area contributed by atoms with E-state index in [1.54, 1.807) is 6.20 Å². The zero-order valence-corrected chi connectivity index (χ0v) is 10.3. The van der Waals surface area contributed by atoms with Crippen molar-refractivity contribution in [1.29, 1.82) is 5.26 Å². The molecule has 0 saturated carbocycles. The number of nitrogens with zero attached hydrogens (tertiary/aromatic N) is 2. The maximum absolute atomic E-state index is 8.58. The first-order valence-corrected chi connectivity index (χ1v) is 5.77. The number of hydrogen-bond acceptors (Lipinski definition) is 3. The van der Waals surface area contributed by atoms with Gasteiger partial charge in [0.1, 0.15) is 12.4 Å². The summed E-state index contributed by atoms with van der Waals surface area (Å²) in [4.78, 5) is 4.12. The average molecular weight is 238 g/mol. The summed E-state index contributed by atoms with van der Waals surface area (Å²) in [6.07, 6.45) is 4.05. The van der Waals surface area contributed by atoms with Crippen molar-refractivity contribution < 1.29 is 4.74 Å². The van der Waals surface area contributed by atoms with Crippen molar-refractivity contribution in [3.8, 4) is 11.8 Å². The quantitative estimate of drug-likeness (QED) is 0.822. The van der Waals surface area contributed by atoms with E-state index in [1.165, 1.54) is 0 Å². The maximum Gasteiger partial charge on any atom is 0.119 e. The fourth-order valence-electron chi connectivity index (χ4n) is 1.66. The molecule has 90 valence electrons. The van der Waals surface area contributed by atoms with Gasteiger partial charge in [-0.25, -0.2) is 0 Å². The number of aromatic nitrogens is 1. The normalized spacial score (nSPS) is 9.78. The van der Waals surface area contributed by atoms with Crippen LogP contribution in [0.15, 0.2) is 42.7 Å². The van der Waals surface area contributed by atoms with Crippen LogP contribution in [0.1, 0.15) is 16.7 Å². The molecule has 2 rings (SSSR count). The van der Waals surface area contributed by atoms with Crippen LogP contribution in [-0.4, -0.2) is 4.98 Å². The fraction of sp³-hybridized carbons (Fsp3) is 0.200. The molecule has 3 heteroatoms. The van der Waals surface area contributed by atoms with Gasteiger partial charge in [0, 0.05) is 18.0 Å². The van der Waals surface area contributed by atoms with Crippen LogP contribution >= 0.6 is 0 Å². The topological polar surface area (TPSA) is 45.9 Å². The third-order valence-corrected chi connectivity index (χ3v) is 2.54. The standard InChI is InChI=1S/C15H14N2O/c1-12-8-14(10-17-9-12)11-18-15-4-2-13(3-5-15)6-7-16/h2-5,8-10H,6,11H2,1H3. The molecule has 0 aliphatic heterocycles. The lowest BCUT2D eigenvalue weighted by Crippen LogP contribution is -1.96. The van der Waals surface area contributed by atoms with Gasteiger partial charge in [0.2, 0.25) is 0 Å². The highest BCUT2D eigenvalue weighted by Gasteiger charge is 1.98. The Morgan fingerprint density at radius 1 is 1.17 bits per heavy atom. The van der Waals surface area contributed by atoms with Crippen LogP contribution in [0.2, 0.25) is 0 Å². The molecule has 3 nitrogen and oxygen atoms in total. The lowest BCUT2D eigenvalue weighted by molar-refractivity contribution is 0.305. The first-order chi connectivity index (χ1) is 8.78. The van der Waals surface area contributed by atoms with Crippen molar-refractivity contribution in [1.82, 2.24) is 4.98 Å². The Balaban J connectivity index is 1.96. The highest BCUT2D eigenvalue weighted by atomic mass is 16.5. The van der Waals surface area contributed by atoms with Crippen molar-refractivity contribution in [3.05, 3.63) is 59.4 Å². The molecule has 0 saturated heterocycles. The molecule has 0 spiro atoms. The highest BCUT2D eigenvalue weighted by Crippen LogP contribution is 2.14. The van der Waals surface area contributed by atoms with Crippen LogP contribution in [0.25, 0.3) is 0 Å². The predicted octanol–water partition coefficient (Wildman–Crippen LogP) is 3.04. The van der Waals surface area contributed by atoms with E-state index < -0.39 is 0 Å². The summed E-state index contributed by atoms with van der Waals surface area (Å²) in [6, 6.07) is 11.8. The summed E-state index contributed by atoms with van der Waals surface area (Å²) in [7, 11) is 0. The van der Waals surface area contributed by atoms with Crippen LogP contribution in [0.5, 0.6) is 5.75 Å². The SMILES string of the molecule is Cc1cncc(COc2ccc(CC#N)cc2)c1. The molecule has 0 radical (unpaired) electrons. The lowest BCUT2D eigenvalue weighted by atomic mass is 10.2. The Morgan fingerprint density at radius 2 is 1.94 bits per heavy atom. The van der Waals surface area contributed by atoms with Gasteiger partial charge >= 0.3 is 0 Å². The molecule has 0 aliphatic carbocycles. The van der Waals surface area contributed by atoms with Crippen LogP contribution < -0.4 is 4.74 Å². The summed E-state index contributed by atoms with van der Waals surface area (Å²) in [5.74, 6) is 0.804. The third kappa shape index (κ3) is 3.33. The van der Waals surface area contributed by atoms with Crippen LogP contribution in [0.3, 0.4) is 0 Å². The van der Waals surface area contributed by atoms with Gasteiger partial charge in [-0.15, -0.1) is 0 Å². The molecule has 0 aliphatic rings. The van der Waals surface area contributed by atoms with Gasteiger partial charge in [0.05, 0.1) is 12.5 Å². The monoisotopic (exact) mass is 238 g/mol. The minimum Gasteiger partial charge on any atom is -0.489 e. The van der Waals surface area contributed by atoms with E-state index in [0.29, 0.717) is 13.0 Å². The smallest absolute Gasteiger partial charge is 0.119 e. The second-order valence-corrected chi connectivity index (χ2v) is 4.14. The minimum atomic E-state index is 0.433. The molecule has 18 heavy (non-hydrogen) atoms. The van der Waals surface area contributed by atoms with E-state index in [4.69, 9.17) is 10.00 Å². The molecule has 0 fully saturated rings. The van der Waals surface area contributed by atoms with E-state index in [2.05, 4.69) is 17.1 Å². The predicted molar refractivity (Wildman–Crippen MR) is 69.1 cm³/mol. The summed E-state index contributed by atoms with van der Waals surface area (Å²) in [5, 5.41) is 8.58. The Labute approximate surface area is 107 Å². The number of rotatable bonds is 4. The van der Waals surface area contributed by atoms with E-state index >= 15 is 0 Å². The molecule has 0 atom stereocenters. The first kappa shape index (κ1) is 12.1. The molecule has 1 heterocycles. The van der Waals surface area contributed by atoms with E-state index in [0.717, 1.165) is 22.4 Å². The number of ether oxygens (including phenoxy) is 1. The second kappa shape index (κ2) is 5.83. The minimum absolute atomic E-state index is 0.433. The highest BCUT2D eigenvalue weighted by molar-refractivity contribution is 5.29. The molecule has 0 unspecified atom stereocenters. The Morgan fingerprint density at radius 3 is 2.61 bits per heavy atom. The van der Waals surface area contributed by atoms with Gasteiger partial charge in [-0.1, -0.05) is 12.1 Å². The van der Waals surface area contributed by atoms with Gasteiger partial charge in [0.25, 0.3) is 0 Å². The molecule has 0 amide bonds. The van der Waals surface area contributed by atoms with Crippen LogP contribution in [-0.2, 0) is 13.0 Å². The largest absolute Gasteiger partial charge is 0.489 e. The zero-order chi connectivity index (χ0) is 12.8. The van der Waals surface area contributed by atoms with Gasteiger partial charge in [0.15, 0.2) is 0 Å². The third-order valence-electron chi connectivity index (χ3n) is 2.54. The van der Waals surface area contributed by atoms with Gasteiger partial charge < -0.3 is 4.74 Å². The van der Waals surface area contributed by atoms with Crippen molar-refractivity contribution >= 4 is 0 Å². The second-order valence-electron chi connectivity index (χ2n) is 4.14. The van der Waals surface area contributed by atoms with E-state index in [9.17, 15) is 0 Å². The van der Waals surface area contributed by atoms with E-state index in [-0.39, 0.29) is 0 Å². The Kier molecular flexibility index (Phi) is 3.93. The number of nitriles is 1. The number of aryl methyl sites for hydroxylation is 1. The molecule has 2 aromatic rings. The summed E-state index contributed by atoms with van der Waals surface area (Å²) in [6.45, 7) is 2.51. The van der Waals surface area contributed by atoms with Gasteiger partial charge in [-0.3, -0.25) is 4.98 Å². The van der Waals surface area contributed by atoms with E-state index in [1.807, 2.05) is 37.4 Å². The average Bonchev–Trinajstić information content (AvgIpc) is 2.38. The van der Waals surface area contributed by atoms with Crippen molar-refractivity contribution in [3.63, 3.8) is 0 Å². The number of benzene rings is 1. The number of hydrogen-bond donors (Lipinski definition) is 0. The summed E-state index contributed by atoms with van der Waals surface area (Å²) < 4.78 is 5.66. The lowest BCUT2D eigenvalue weighted by Gasteiger charge is -2.06. The molecule has 0 bridgehead atoms. The van der Waals surface area contributed by atoms with Crippen LogP contribution in [0.4, 0.5) is 0 Å². The summed E-state index contributed by atoms with van der Waals surface area (Å²) >= 11 is 0. The Bertz CT molecular complexity index is 555. The fourth-order valence-corrected chi connectivity index (χ4v) is 1.66. The molecular formula is C15H14N2O. The molecule has 1 aromatic heterocycles. The first-order valence-electron chi connectivity index (χ1n) is 5.77. The van der Waals surface area contributed by atoms with Gasteiger partial charge in [-0.05, 0) is 36.2 Å².